The highest BCUT2D eigenvalue weighted by Crippen LogP contribution is 2.26. The van der Waals surface area contributed by atoms with E-state index in [0.29, 0.717) is 17.9 Å². The molecule has 0 saturated carbocycles. The molecule has 1 aromatic carbocycles. The standard InChI is InChI=1S/C17H20N4O.ClH/c1-20-9-10-21(16(12-20)13-5-3-2-4-6-13)17(22)15-8-7-14(18)11-19-15;/h2-8,11,16H,9-10,12,18H2,1H3;1H. The topological polar surface area (TPSA) is 62.5 Å². The summed E-state index contributed by atoms with van der Waals surface area (Å²) in [5.41, 5.74) is 7.81. The van der Waals surface area contributed by atoms with Crippen LogP contribution >= 0.6 is 12.4 Å². The summed E-state index contributed by atoms with van der Waals surface area (Å²) in [6.07, 6.45) is 1.53. The van der Waals surface area contributed by atoms with Crippen molar-refractivity contribution in [2.24, 2.45) is 0 Å². The Morgan fingerprint density at radius 2 is 1.91 bits per heavy atom. The summed E-state index contributed by atoms with van der Waals surface area (Å²) in [5, 5.41) is 0. The zero-order valence-corrected chi connectivity index (χ0v) is 13.9. The van der Waals surface area contributed by atoms with E-state index >= 15 is 0 Å². The van der Waals surface area contributed by atoms with Crippen LogP contribution in [-0.4, -0.2) is 47.4 Å². The van der Waals surface area contributed by atoms with Crippen LogP contribution in [0.4, 0.5) is 5.69 Å². The third-order valence-corrected chi connectivity index (χ3v) is 4.03. The Hall–Kier alpha value is -2.11. The fourth-order valence-electron chi connectivity index (χ4n) is 2.80. The van der Waals surface area contributed by atoms with E-state index in [1.54, 1.807) is 12.1 Å². The molecule has 1 aliphatic rings. The molecule has 0 bridgehead atoms. The summed E-state index contributed by atoms with van der Waals surface area (Å²) in [6.45, 7) is 2.38. The van der Waals surface area contributed by atoms with E-state index < -0.39 is 0 Å². The number of hydrogen-bond donors (Lipinski definition) is 1. The zero-order valence-electron chi connectivity index (χ0n) is 13.1. The maximum atomic E-state index is 12.8. The number of carbonyl (C=O) groups excluding carboxylic acids is 1. The second-order valence-electron chi connectivity index (χ2n) is 5.66. The Kier molecular flexibility index (Phi) is 5.58. The van der Waals surface area contributed by atoms with Gasteiger partial charge >= 0.3 is 0 Å². The van der Waals surface area contributed by atoms with Crippen molar-refractivity contribution >= 4 is 24.0 Å². The van der Waals surface area contributed by atoms with Crippen molar-refractivity contribution in [2.75, 3.05) is 32.4 Å². The number of piperazine rings is 1. The van der Waals surface area contributed by atoms with Crippen LogP contribution < -0.4 is 5.73 Å². The summed E-state index contributed by atoms with van der Waals surface area (Å²) >= 11 is 0. The molecule has 2 N–H and O–H groups in total. The highest BCUT2D eigenvalue weighted by molar-refractivity contribution is 5.92. The number of nitrogen functional groups attached to an aromatic ring is 1. The molecule has 1 atom stereocenters. The van der Waals surface area contributed by atoms with Gasteiger partial charge in [-0.05, 0) is 24.7 Å². The first kappa shape index (κ1) is 17.2. The number of rotatable bonds is 2. The van der Waals surface area contributed by atoms with E-state index in [1.165, 1.54) is 6.20 Å². The van der Waals surface area contributed by atoms with Gasteiger partial charge in [0.05, 0.1) is 17.9 Å². The molecule has 1 fully saturated rings. The van der Waals surface area contributed by atoms with Crippen LogP contribution in [0.2, 0.25) is 0 Å². The summed E-state index contributed by atoms with van der Waals surface area (Å²) in [7, 11) is 2.08. The molecule has 0 aliphatic carbocycles. The molecular formula is C17H21ClN4O. The maximum absolute atomic E-state index is 12.8. The largest absolute Gasteiger partial charge is 0.397 e. The molecule has 0 spiro atoms. The molecule has 1 saturated heterocycles. The zero-order chi connectivity index (χ0) is 15.5. The lowest BCUT2D eigenvalue weighted by Gasteiger charge is -2.40. The van der Waals surface area contributed by atoms with E-state index in [9.17, 15) is 4.79 Å². The summed E-state index contributed by atoms with van der Waals surface area (Å²) in [4.78, 5) is 21.1. The average molecular weight is 333 g/mol. The number of likely N-dealkylation sites (N-methyl/N-ethyl adjacent to an activating group) is 1. The van der Waals surface area contributed by atoms with Crippen molar-refractivity contribution in [1.29, 1.82) is 0 Å². The van der Waals surface area contributed by atoms with Crippen molar-refractivity contribution in [3.63, 3.8) is 0 Å². The van der Waals surface area contributed by atoms with Gasteiger partial charge in [0.1, 0.15) is 5.69 Å². The van der Waals surface area contributed by atoms with Gasteiger partial charge in [-0.2, -0.15) is 0 Å². The predicted molar refractivity (Wildman–Crippen MR) is 93.6 cm³/mol. The Bertz CT molecular complexity index is 647. The molecule has 0 radical (unpaired) electrons. The van der Waals surface area contributed by atoms with Crippen LogP contribution in [0.1, 0.15) is 22.1 Å². The average Bonchev–Trinajstić information content (AvgIpc) is 2.56. The van der Waals surface area contributed by atoms with Gasteiger partial charge in [0.25, 0.3) is 5.91 Å². The van der Waals surface area contributed by atoms with Crippen LogP contribution in [0.5, 0.6) is 0 Å². The van der Waals surface area contributed by atoms with Crippen LogP contribution in [0.25, 0.3) is 0 Å². The number of pyridine rings is 1. The van der Waals surface area contributed by atoms with E-state index in [1.807, 2.05) is 23.1 Å². The monoisotopic (exact) mass is 332 g/mol. The third kappa shape index (κ3) is 3.81. The Balaban J connectivity index is 0.00000192. The lowest BCUT2D eigenvalue weighted by atomic mass is 10.0. The van der Waals surface area contributed by atoms with Crippen LogP contribution in [0, 0.1) is 0 Å². The fourth-order valence-corrected chi connectivity index (χ4v) is 2.80. The van der Waals surface area contributed by atoms with Crippen molar-refractivity contribution in [1.82, 2.24) is 14.8 Å². The maximum Gasteiger partial charge on any atom is 0.273 e. The van der Waals surface area contributed by atoms with Gasteiger partial charge in [-0.25, -0.2) is 4.98 Å². The molecule has 2 aromatic rings. The minimum absolute atomic E-state index is 0. The van der Waals surface area contributed by atoms with Gasteiger partial charge in [-0.3, -0.25) is 4.79 Å². The fraction of sp³-hybridized carbons (Fsp3) is 0.294. The summed E-state index contributed by atoms with van der Waals surface area (Å²) in [6, 6.07) is 13.6. The molecule has 122 valence electrons. The van der Waals surface area contributed by atoms with Gasteiger partial charge in [0.15, 0.2) is 0 Å². The summed E-state index contributed by atoms with van der Waals surface area (Å²) in [5.74, 6) is -0.0399. The number of hydrogen-bond acceptors (Lipinski definition) is 4. The van der Waals surface area contributed by atoms with Crippen LogP contribution in [0.15, 0.2) is 48.7 Å². The first-order chi connectivity index (χ1) is 10.6. The first-order valence-electron chi connectivity index (χ1n) is 7.41. The Labute approximate surface area is 142 Å². The lowest BCUT2D eigenvalue weighted by molar-refractivity contribution is 0.0492. The molecule has 1 aromatic heterocycles. The second kappa shape index (κ2) is 7.44. The quantitative estimate of drug-likeness (QED) is 0.916. The SMILES string of the molecule is CN1CCN(C(=O)c2ccc(N)cn2)C(c2ccccc2)C1.Cl. The number of nitrogens with zero attached hydrogens (tertiary/aromatic N) is 3. The van der Waals surface area contributed by atoms with E-state index in [2.05, 4.69) is 29.1 Å². The molecule has 5 nitrogen and oxygen atoms in total. The number of benzene rings is 1. The highest BCUT2D eigenvalue weighted by atomic mass is 35.5. The minimum atomic E-state index is -0.0399. The number of nitrogens with two attached hydrogens (primary N) is 1. The second-order valence-corrected chi connectivity index (χ2v) is 5.66. The van der Waals surface area contributed by atoms with Gasteiger partial charge in [0.2, 0.25) is 0 Å². The summed E-state index contributed by atoms with van der Waals surface area (Å²) < 4.78 is 0. The van der Waals surface area contributed by atoms with Crippen LogP contribution in [-0.2, 0) is 0 Å². The number of carbonyl (C=O) groups is 1. The number of anilines is 1. The molecule has 1 aliphatic heterocycles. The molecule has 23 heavy (non-hydrogen) atoms. The first-order valence-corrected chi connectivity index (χ1v) is 7.41. The predicted octanol–water partition coefficient (Wildman–Crippen LogP) is 2.21. The van der Waals surface area contributed by atoms with E-state index in [-0.39, 0.29) is 24.4 Å². The number of halogens is 1. The Morgan fingerprint density at radius 1 is 1.17 bits per heavy atom. The minimum Gasteiger partial charge on any atom is -0.397 e. The van der Waals surface area contributed by atoms with Crippen LogP contribution in [0.3, 0.4) is 0 Å². The molecule has 3 rings (SSSR count). The van der Waals surface area contributed by atoms with Gasteiger partial charge in [-0.1, -0.05) is 30.3 Å². The van der Waals surface area contributed by atoms with Gasteiger partial charge in [0, 0.05) is 19.6 Å². The van der Waals surface area contributed by atoms with E-state index in [4.69, 9.17) is 5.73 Å². The number of amides is 1. The highest BCUT2D eigenvalue weighted by Gasteiger charge is 2.31. The normalized spacial score (nSPS) is 18.3. The molecule has 1 unspecified atom stereocenters. The lowest BCUT2D eigenvalue weighted by Crippen LogP contribution is -2.49. The van der Waals surface area contributed by atoms with Gasteiger partial charge in [-0.15, -0.1) is 12.4 Å². The van der Waals surface area contributed by atoms with Gasteiger partial charge < -0.3 is 15.5 Å². The van der Waals surface area contributed by atoms with Crippen molar-refractivity contribution in [3.05, 3.63) is 59.9 Å². The molecule has 6 heteroatoms. The third-order valence-electron chi connectivity index (χ3n) is 4.03. The van der Waals surface area contributed by atoms with Crippen molar-refractivity contribution in [2.45, 2.75) is 6.04 Å². The Morgan fingerprint density at radius 3 is 2.57 bits per heavy atom. The molecule has 1 amide bonds. The smallest absolute Gasteiger partial charge is 0.273 e. The molecular weight excluding hydrogens is 312 g/mol. The van der Waals surface area contributed by atoms with Crippen molar-refractivity contribution in [3.8, 4) is 0 Å². The molecule has 2 heterocycles. The van der Waals surface area contributed by atoms with Crippen molar-refractivity contribution < 1.29 is 4.79 Å². The number of aromatic nitrogens is 1. The van der Waals surface area contributed by atoms with E-state index in [0.717, 1.165) is 18.7 Å².